The van der Waals surface area contributed by atoms with Crippen LogP contribution in [0.3, 0.4) is 0 Å². The zero-order valence-corrected chi connectivity index (χ0v) is 14.9. The van der Waals surface area contributed by atoms with E-state index in [1.165, 1.54) is 24.0 Å². The Balaban J connectivity index is 1.89. The van der Waals surface area contributed by atoms with E-state index in [-0.39, 0.29) is 5.78 Å². The molecular formula is C22H27NO. The Bertz CT molecular complexity index is 666. The normalized spacial score (nSPS) is 11.2. The van der Waals surface area contributed by atoms with E-state index in [2.05, 4.69) is 50.4 Å². The number of rotatable bonds is 8. The van der Waals surface area contributed by atoms with Gasteiger partial charge >= 0.3 is 0 Å². The number of hydrogen-bond acceptors (Lipinski definition) is 2. The summed E-state index contributed by atoms with van der Waals surface area (Å²) in [6.45, 7) is 6.50. The predicted molar refractivity (Wildman–Crippen MR) is 103 cm³/mol. The Kier molecular flexibility index (Phi) is 6.80. The molecule has 2 heteroatoms. The number of ketones is 1. The number of nitrogens with one attached hydrogen (secondary N) is 1. The maximum absolute atomic E-state index is 12.2. The lowest BCUT2D eigenvalue weighted by molar-refractivity contribution is 0.104. The summed E-state index contributed by atoms with van der Waals surface area (Å²) >= 11 is 0. The van der Waals surface area contributed by atoms with Crippen LogP contribution in [0, 0.1) is 0 Å². The van der Waals surface area contributed by atoms with E-state index in [0.29, 0.717) is 11.5 Å². The van der Waals surface area contributed by atoms with Gasteiger partial charge in [-0.05, 0) is 42.0 Å². The van der Waals surface area contributed by atoms with Crippen molar-refractivity contribution in [1.29, 1.82) is 0 Å². The highest BCUT2D eigenvalue weighted by Gasteiger charge is 2.03. The van der Waals surface area contributed by atoms with Crippen LogP contribution in [0.2, 0.25) is 0 Å². The second-order valence-electron chi connectivity index (χ2n) is 6.42. The van der Waals surface area contributed by atoms with E-state index in [1.807, 2.05) is 24.3 Å². The lowest BCUT2D eigenvalue weighted by Crippen LogP contribution is -1.97. The molecule has 2 nitrogen and oxygen atoms in total. The number of hydrogen-bond donors (Lipinski definition) is 1. The second-order valence-corrected chi connectivity index (χ2v) is 6.42. The summed E-state index contributed by atoms with van der Waals surface area (Å²) in [7, 11) is 0. The van der Waals surface area contributed by atoms with Gasteiger partial charge < -0.3 is 5.32 Å². The Labute approximate surface area is 145 Å². The fourth-order valence-corrected chi connectivity index (χ4v) is 2.49. The second kappa shape index (κ2) is 9.07. The Morgan fingerprint density at radius 3 is 2.29 bits per heavy atom. The van der Waals surface area contributed by atoms with Crippen molar-refractivity contribution in [1.82, 2.24) is 0 Å². The quantitative estimate of drug-likeness (QED) is 0.480. The molecule has 0 aliphatic rings. The summed E-state index contributed by atoms with van der Waals surface area (Å²) in [4.78, 5) is 12.2. The SMILES string of the molecule is CCCCc1ccc(N/C=C/C(=O)c2ccc(C(C)C)cc2)cc1. The molecule has 2 aromatic carbocycles. The summed E-state index contributed by atoms with van der Waals surface area (Å²) < 4.78 is 0. The van der Waals surface area contributed by atoms with Gasteiger partial charge in [0.2, 0.25) is 0 Å². The van der Waals surface area contributed by atoms with Crippen LogP contribution in [0.4, 0.5) is 5.69 Å². The molecule has 0 amide bonds. The van der Waals surface area contributed by atoms with Crippen molar-refractivity contribution in [2.75, 3.05) is 5.32 Å². The molecule has 0 spiro atoms. The Morgan fingerprint density at radius 1 is 1.04 bits per heavy atom. The van der Waals surface area contributed by atoms with Crippen LogP contribution in [-0.4, -0.2) is 5.78 Å². The number of allylic oxidation sites excluding steroid dienone is 1. The van der Waals surface area contributed by atoms with Crippen LogP contribution >= 0.6 is 0 Å². The van der Waals surface area contributed by atoms with Gasteiger partial charge in [-0.3, -0.25) is 4.79 Å². The highest BCUT2D eigenvalue weighted by molar-refractivity contribution is 6.04. The molecule has 2 aromatic rings. The van der Waals surface area contributed by atoms with Crippen LogP contribution < -0.4 is 5.32 Å². The fourth-order valence-electron chi connectivity index (χ4n) is 2.49. The van der Waals surface area contributed by atoms with Crippen LogP contribution in [0.25, 0.3) is 0 Å². The largest absolute Gasteiger partial charge is 0.362 e. The highest BCUT2D eigenvalue weighted by atomic mass is 16.1. The van der Waals surface area contributed by atoms with Crippen LogP contribution in [-0.2, 0) is 6.42 Å². The lowest BCUT2D eigenvalue weighted by Gasteiger charge is -2.05. The van der Waals surface area contributed by atoms with E-state index >= 15 is 0 Å². The topological polar surface area (TPSA) is 29.1 Å². The Hall–Kier alpha value is -2.35. The summed E-state index contributed by atoms with van der Waals surface area (Å²) in [6.07, 6.45) is 6.84. The molecule has 1 N–H and O–H groups in total. The van der Waals surface area contributed by atoms with E-state index in [4.69, 9.17) is 0 Å². The van der Waals surface area contributed by atoms with Gasteiger partial charge in [0.15, 0.2) is 5.78 Å². The van der Waals surface area contributed by atoms with Gasteiger partial charge in [0.05, 0.1) is 0 Å². The zero-order valence-electron chi connectivity index (χ0n) is 14.9. The van der Waals surface area contributed by atoms with Gasteiger partial charge in [-0.25, -0.2) is 0 Å². The summed E-state index contributed by atoms with van der Waals surface area (Å²) in [5.41, 5.74) is 4.31. The first kappa shape index (κ1) is 18.0. The third-order valence-corrected chi connectivity index (χ3v) is 4.12. The lowest BCUT2D eigenvalue weighted by atomic mass is 10.0. The standard InChI is InChI=1S/C22H27NO/c1-4-5-6-18-7-13-21(14-8-18)23-16-15-22(24)20-11-9-19(10-12-20)17(2)3/h7-17,23H,4-6H2,1-3H3/b16-15+. The molecule has 2 rings (SSSR count). The number of aryl methyl sites for hydroxylation is 1. The van der Waals surface area contributed by atoms with Crippen molar-refractivity contribution in [2.45, 2.75) is 46.0 Å². The van der Waals surface area contributed by atoms with Crippen LogP contribution in [0.5, 0.6) is 0 Å². The minimum Gasteiger partial charge on any atom is -0.362 e. The summed E-state index contributed by atoms with van der Waals surface area (Å²) in [5, 5.41) is 3.16. The number of unbranched alkanes of at least 4 members (excludes halogenated alkanes) is 1. The van der Waals surface area contributed by atoms with Gasteiger partial charge in [0.1, 0.15) is 0 Å². The third kappa shape index (κ3) is 5.38. The van der Waals surface area contributed by atoms with E-state index < -0.39 is 0 Å². The molecule has 0 aromatic heterocycles. The molecule has 0 bridgehead atoms. The molecular weight excluding hydrogens is 294 g/mol. The van der Waals surface area contributed by atoms with Gasteiger partial charge in [-0.2, -0.15) is 0 Å². The average Bonchev–Trinajstić information content (AvgIpc) is 2.61. The smallest absolute Gasteiger partial charge is 0.187 e. The van der Waals surface area contributed by atoms with E-state index in [1.54, 1.807) is 12.3 Å². The monoisotopic (exact) mass is 321 g/mol. The van der Waals surface area contributed by atoms with Gasteiger partial charge in [0, 0.05) is 23.5 Å². The first-order valence-electron chi connectivity index (χ1n) is 8.76. The number of benzene rings is 2. The number of carbonyl (C=O) groups is 1. The molecule has 0 fully saturated rings. The van der Waals surface area contributed by atoms with Crippen molar-refractivity contribution in [3.8, 4) is 0 Å². The predicted octanol–water partition coefficient (Wildman–Crippen LogP) is 5.96. The Morgan fingerprint density at radius 2 is 1.71 bits per heavy atom. The molecule has 24 heavy (non-hydrogen) atoms. The van der Waals surface area contributed by atoms with Crippen LogP contribution in [0.1, 0.15) is 61.0 Å². The molecule has 0 heterocycles. The van der Waals surface area contributed by atoms with Crippen molar-refractivity contribution in [3.63, 3.8) is 0 Å². The molecule has 0 saturated carbocycles. The van der Waals surface area contributed by atoms with Crippen molar-refractivity contribution in [3.05, 3.63) is 77.5 Å². The van der Waals surface area contributed by atoms with Crippen molar-refractivity contribution >= 4 is 11.5 Å². The average molecular weight is 321 g/mol. The molecule has 126 valence electrons. The van der Waals surface area contributed by atoms with Gasteiger partial charge in [0.25, 0.3) is 0 Å². The minimum atomic E-state index is 0.0115. The van der Waals surface area contributed by atoms with E-state index in [0.717, 1.165) is 12.1 Å². The molecule has 0 saturated heterocycles. The summed E-state index contributed by atoms with van der Waals surface area (Å²) in [5.74, 6) is 0.490. The number of anilines is 1. The molecule has 0 aliphatic heterocycles. The third-order valence-electron chi connectivity index (χ3n) is 4.12. The highest BCUT2D eigenvalue weighted by Crippen LogP contribution is 2.15. The maximum atomic E-state index is 12.2. The first-order chi connectivity index (χ1) is 11.6. The van der Waals surface area contributed by atoms with Gasteiger partial charge in [-0.1, -0.05) is 63.6 Å². The fraction of sp³-hybridized carbons (Fsp3) is 0.318. The van der Waals surface area contributed by atoms with Crippen LogP contribution in [0.15, 0.2) is 60.8 Å². The van der Waals surface area contributed by atoms with E-state index in [9.17, 15) is 4.79 Å². The zero-order chi connectivity index (χ0) is 17.4. The molecule has 0 radical (unpaired) electrons. The summed E-state index contributed by atoms with van der Waals surface area (Å²) in [6, 6.07) is 16.2. The van der Waals surface area contributed by atoms with Crippen molar-refractivity contribution in [2.24, 2.45) is 0 Å². The molecule has 0 unspecified atom stereocenters. The van der Waals surface area contributed by atoms with Gasteiger partial charge in [-0.15, -0.1) is 0 Å². The first-order valence-corrected chi connectivity index (χ1v) is 8.76. The van der Waals surface area contributed by atoms with Crippen molar-refractivity contribution < 1.29 is 4.79 Å². The minimum absolute atomic E-state index is 0.0115. The number of carbonyl (C=O) groups excluding carboxylic acids is 1. The molecule has 0 aliphatic carbocycles. The molecule has 0 atom stereocenters. The maximum Gasteiger partial charge on any atom is 0.187 e.